The van der Waals surface area contributed by atoms with E-state index in [9.17, 15) is 27.3 Å². The van der Waals surface area contributed by atoms with Gasteiger partial charge in [0.1, 0.15) is 23.8 Å². The first kappa shape index (κ1) is 39.2. The molecule has 1 N–H and O–H groups in total. The topological polar surface area (TPSA) is 190 Å². The zero-order valence-corrected chi connectivity index (χ0v) is 32.3. The van der Waals surface area contributed by atoms with Gasteiger partial charge in [0.15, 0.2) is 0 Å². The van der Waals surface area contributed by atoms with Gasteiger partial charge in [0, 0.05) is 51.4 Å². The summed E-state index contributed by atoms with van der Waals surface area (Å²) in [6, 6.07) is 2.80. The highest BCUT2D eigenvalue weighted by atomic mass is 32.2. The molecule has 1 aliphatic carbocycles. The Bertz CT molecular complexity index is 2110. The summed E-state index contributed by atoms with van der Waals surface area (Å²) in [7, 11) is -2.45. The van der Waals surface area contributed by atoms with E-state index in [0.717, 1.165) is 24.8 Å². The fraction of sp³-hybridized carbons (Fsp3) is 0.571. The summed E-state index contributed by atoms with van der Waals surface area (Å²) < 4.78 is 66.8. The van der Waals surface area contributed by atoms with Crippen LogP contribution in [-0.2, 0) is 21.8 Å². The van der Waals surface area contributed by atoms with E-state index in [1.807, 2.05) is 6.07 Å². The predicted molar refractivity (Wildman–Crippen MR) is 205 cm³/mol. The van der Waals surface area contributed by atoms with E-state index in [-0.39, 0.29) is 24.4 Å². The van der Waals surface area contributed by atoms with E-state index in [4.69, 9.17) is 19.4 Å². The molecule has 6 heterocycles. The van der Waals surface area contributed by atoms with Gasteiger partial charge in [-0.15, -0.1) is 0 Å². The van der Waals surface area contributed by atoms with Crippen molar-refractivity contribution in [3.8, 4) is 5.88 Å². The van der Waals surface area contributed by atoms with Crippen LogP contribution in [0.5, 0.6) is 5.88 Å². The lowest BCUT2D eigenvalue weighted by atomic mass is 9.93. The molecule has 0 aromatic carbocycles. The van der Waals surface area contributed by atoms with Gasteiger partial charge in [-0.05, 0) is 43.6 Å². The highest BCUT2D eigenvalue weighted by molar-refractivity contribution is 7.92. The van der Waals surface area contributed by atoms with Crippen molar-refractivity contribution in [3.63, 3.8) is 0 Å². The standard InChI is InChI=1S/C35H46F2N12O6S/c1-23(30-21-41-35(44(30)2)49(50)51)48(56(3,52)53)25-16-28-29(38-18-25)17-32(47-12-14-54-15-13-47)43-33(28)55-27-6-4-24(5-7-27)42-34-39-19-26(20-40-34)46-10-8-45(9-11-46)22-31(36)37/h16-21,23-24,27,31H,4-15,22H2,1-3H3,(H,39,40,42). The lowest BCUT2D eigenvalue weighted by Gasteiger charge is -2.35. The van der Waals surface area contributed by atoms with Gasteiger partial charge in [-0.25, -0.2) is 31.7 Å². The number of alkyl halides is 2. The van der Waals surface area contributed by atoms with Gasteiger partial charge in [-0.3, -0.25) is 14.2 Å². The average molecular weight is 801 g/mol. The number of nitrogens with zero attached hydrogens (tertiary/aromatic N) is 11. The molecule has 1 atom stereocenters. The summed E-state index contributed by atoms with van der Waals surface area (Å²) in [5.41, 5.74) is 2.00. The highest BCUT2D eigenvalue weighted by Crippen LogP contribution is 2.37. The number of fused-ring (bicyclic) bond motifs is 1. The number of rotatable bonds is 13. The number of aromatic nitrogens is 6. The van der Waals surface area contributed by atoms with Crippen LogP contribution in [0.2, 0.25) is 0 Å². The Kier molecular flexibility index (Phi) is 11.6. The lowest BCUT2D eigenvalue weighted by Crippen LogP contribution is -2.47. The van der Waals surface area contributed by atoms with Gasteiger partial charge in [-0.1, -0.05) is 4.98 Å². The van der Waals surface area contributed by atoms with Crippen LogP contribution in [0.15, 0.2) is 36.9 Å². The molecule has 1 unspecified atom stereocenters. The molecule has 56 heavy (non-hydrogen) atoms. The Labute approximate surface area is 323 Å². The number of piperazine rings is 1. The van der Waals surface area contributed by atoms with E-state index in [1.165, 1.54) is 28.3 Å². The first-order chi connectivity index (χ1) is 26.8. The molecule has 4 aromatic rings. The molecule has 0 radical (unpaired) electrons. The fourth-order valence-corrected chi connectivity index (χ4v) is 8.80. The second-order valence-corrected chi connectivity index (χ2v) is 16.2. The number of ether oxygens (including phenoxy) is 2. The van der Waals surface area contributed by atoms with E-state index in [1.54, 1.807) is 30.3 Å². The molecule has 0 spiro atoms. The minimum absolute atomic E-state index is 0.115. The van der Waals surface area contributed by atoms with Crippen LogP contribution in [-0.4, -0.2) is 132 Å². The largest absolute Gasteiger partial charge is 0.474 e. The Morgan fingerprint density at radius 1 is 0.982 bits per heavy atom. The summed E-state index contributed by atoms with van der Waals surface area (Å²) in [4.78, 5) is 39.4. The third-order valence-electron chi connectivity index (χ3n) is 10.6. The number of nitro groups is 1. The maximum Gasteiger partial charge on any atom is 0.434 e. The third kappa shape index (κ3) is 8.83. The maximum atomic E-state index is 13.3. The normalized spacial score (nSPS) is 20.3. The average Bonchev–Trinajstić information content (AvgIpc) is 3.57. The summed E-state index contributed by atoms with van der Waals surface area (Å²) in [6.07, 6.45) is 7.84. The number of anilines is 4. The zero-order valence-electron chi connectivity index (χ0n) is 31.5. The van der Waals surface area contributed by atoms with Gasteiger partial charge < -0.3 is 34.7 Å². The first-order valence-corrected chi connectivity index (χ1v) is 20.5. The smallest absolute Gasteiger partial charge is 0.434 e. The van der Waals surface area contributed by atoms with Crippen LogP contribution in [0.3, 0.4) is 0 Å². The van der Waals surface area contributed by atoms with Gasteiger partial charge >= 0.3 is 5.95 Å². The van der Waals surface area contributed by atoms with Crippen molar-refractivity contribution in [3.05, 3.63) is 52.7 Å². The molecule has 4 aromatic heterocycles. The van der Waals surface area contributed by atoms with Crippen molar-refractivity contribution >= 4 is 50.0 Å². The molecule has 0 amide bonds. The summed E-state index contributed by atoms with van der Waals surface area (Å²) in [5.74, 6) is 1.13. The van der Waals surface area contributed by atoms with Crippen molar-refractivity contribution in [1.29, 1.82) is 0 Å². The number of hydrogen-bond acceptors (Lipinski definition) is 15. The molecule has 302 valence electrons. The number of nitrogens with one attached hydrogen (secondary N) is 1. The minimum Gasteiger partial charge on any atom is -0.474 e. The second-order valence-electron chi connectivity index (χ2n) is 14.4. The Balaban J connectivity index is 1.07. The molecule has 1 saturated carbocycles. The lowest BCUT2D eigenvalue weighted by molar-refractivity contribution is -0.396. The zero-order chi connectivity index (χ0) is 39.6. The van der Waals surface area contributed by atoms with Crippen LogP contribution in [0.25, 0.3) is 10.9 Å². The molecular weight excluding hydrogens is 755 g/mol. The van der Waals surface area contributed by atoms with Crippen LogP contribution in [0.4, 0.5) is 37.9 Å². The third-order valence-corrected chi connectivity index (χ3v) is 11.8. The molecule has 0 bridgehead atoms. The van der Waals surface area contributed by atoms with Crippen molar-refractivity contribution in [2.75, 3.05) is 84.7 Å². The Hall–Kier alpha value is -5.02. The molecule has 18 nitrogen and oxygen atoms in total. The first-order valence-electron chi connectivity index (χ1n) is 18.6. The van der Waals surface area contributed by atoms with Gasteiger partial charge in [0.05, 0.1) is 80.0 Å². The van der Waals surface area contributed by atoms with Gasteiger partial charge in [-0.2, -0.15) is 4.98 Å². The number of sulfonamides is 1. The Morgan fingerprint density at radius 3 is 2.30 bits per heavy atom. The van der Waals surface area contributed by atoms with E-state index in [2.05, 4.69) is 30.1 Å². The number of morpholine rings is 1. The van der Waals surface area contributed by atoms with Crippen LogP contribution >= 0.6 is 0 Å². The van der Waals surface area contributed by atoms with Crippen LogP contribution in [0, 0.1) is 10.1 Å². The SMILES string of the molecule is CC(c1cnc([N+](=O)[O-])n1C)N(c1cnc2cc(N3CCOCC3)nc(OC3CCC(Nc4ncc(N5CCN(CC(F)F)CC5)cn4)CC3)c2c1)S(C)(=O)=O. The van der Waals surface area contributed by atoms with Gasteiger partial charge in [0.25, 0.3) is 6.43 Å². The summed E-state index contributed by atoms with van der Waals surface area (Å²) in [5, 5.41) is 15.5. The summed E-state index contributed by atoms with van der Waals surface area (Å²) in [6.45, 7) is 6.23. The molecule has 2 aliphatic heterocycles. The van der Waals surface area contributed by atoms with Gasteiger partial charge in [0.2, 0.25) is 21.9 Å². The number of pyridine rings is 2. The minimum atomic E-state index is -3.92. The van der Waals surface area contributed by atoms with Crippen LogP contribution in [0.1, 0.15) is 44.3 Å². The van der Waals surface area contributed by atoms with E-state index in [0.29, 0.717) is 99.6 Å². The molecule has 21 heteroatoms. The van der Waals surface area contributed by atoms with Crippen molar-refractivity contribution in [2.45, 2.75) is 57.2 Å². The molecule has 3 aliphatic rings. The molecule has 3 fully saturated rings. The maximum absolute atomic E-state index is 13.3. The van der Waals surface area contributed by atoms with Crippen molar-refractivity contribution < 1.29 is 31.6 Å². The van der Waals surface area contributed by atoms with E-state index >= 15 is 0 Å². The summed E-state index contributed by atoms with van der Waals surface area (Å²) >= 11 is 0. The Morgan fingerprint density at radius 2 is 1.68 bits per heavy atom. The quantitative estimate of drug-likeness (QED) is 0.152. The second kappa shape index (κ2) is 16.6. The van der Waals surface area contributed by atoms with Crippen LogP contribution < -0.4 is 24.2 Å². The van der Waals surface area contributed by atoms with Crippen molar-refractivity contribution in [2.24, 2.45) is 7.05 Å². The molecule has 7 rings (SSSR count). The van der Waals surface area contributed by atoms with Crippen molar-refractivity contribution in [1.82, 2.24) is 34.4 Å². The number of halogens is 2. The molecular formula is C35H46F2N12O6S. The monoisotopic (exact) mass is 800 g/mol. The fourth-order valence-electron chi connectivity index (χ4n) is 7.64. The number of hydrogen-bond donors (Lipinski definition) is 1. The van der Waals surface area contributed by atoms with E-state index < -0.39 is 33.4 Å². The predicted octanol–water partition coefficient (Wildman–Crippen LogP) is 3.61. The molecule has 2 saturated heterocycles. The highest BCUT2D eigenvalue weighted by Gasteiger charge is 2.33. The number of imidazole rings is 1.